The first-order chi connectivity index (χ1) is 9.49. The third-order valence-electron chi connectivity index (χ3n) is 3.19. The Kier molecular flexibility index (Phi) is 3.18. The number of hydrogen-bond acceptors (Lipinski definition) is 2. The van der Waals surface area contributed by atoms with Crippen LogP contribution in [0.15, 0.2) is 34.8 Å². The van der Waals surface area contributed by atoms with E-state index in [1.807, 2.05) is 23.5 Å². The first-order valence-corrected chi connectivity index (χ1v) is 7.04. The summed E-state index contributed by atoms with van der Waals surface area (Å²) in [7, 11) is 0. The Hall–Kier alpha value is -1.59. The van der Waals surface area contributed by atoms with Gasteiger partial charge in [0.2, 0.25) is 0 Å². The van der Waals surface area contributed by atoms with Gasteiger partial charge in [0.05, 0.1) is 5.02 Å². The molecular formula is C14H10BrClFN3. The second-order valence-electron chi connectivity index (χ2n) is 4.43. The van der Waals surface area contributed by atoms with Crippen LogP contribution in [0.25, 0.3) is 16.9 Å². The Morgan fingerprint density at radius 3 is 2.75 bits per heavy atom. The van der Waals surface area contributed by atoms with Crippen LogP contribution in [-0.2, 0) is 0 Å². The lowest BCUT2D eigenvalue weighted by Gasteiger charge is -2.04. The van der Waals surface area contributed by atoms with E-state index in [0.717, 1.165) is 15.8 Å². The van der Waals surface area contributed by atoms with Crippen molar-refractivity contribution in [2.75, 3.05) is 5.73 Å². The molecule has 0 unspecified atom stereocenters. The van der Waals surface area contributed by atoms with Gasteiger partial charge < -0.3 is 5.73 Å². The number of imidazole rings is 1. The molecule has 1 aromatic carbocycles. The van der Waals surface area contributed by atoms with Gasteiger partial charge in [-0.25, -0.2) is 9.37 Å². The number of rotatable bonds is 1. The highest BCUT2D eigenvalue weighted by molar-refractivity contribution is 9.10. The fraction of sp³-hybridized carbons (Fsp3) is 0.0714. The molecule has 0 amide bonds. The molecule has 2 N–H and O–H groups in total. The third-order valence-corrected chi connectivity index (χ3v) is 4.32. The quantitative estimate of drug-likeness (QED) is 0.702. The van der Waals surface area contributed by atoms with Crippen molar-refractivity contribution in [2.24, 2.45) is 0 Å². The molecule has 0 radical (unpaired) electrons. The minimum Gasteiger partial charge on any atom is -0.383 e. The standard InChI is InChI=1S/C14H10BrClFN3/c1-7-9(15)3-5-12-19-13(14(18)20(7)12)8-2-4-11(17)10(16)6-8/h2-6H,18H2,1H3. The molecule has 102 valence electrons. The number of anilines is 1. The van der Waals surface area contributed by atoms with E-state index in [2.05, 4.69) is 20.9 Å². The molecule has 2 heterocycles. The van der Waals surface area contributed by atoms with Crippen LogP contribution in [0, 0.1) is 12.7 Å². The molecule has 0 saturated carbocycles. The van der Waals surface area contributed by atoms with Gasteiger partial charge in [0.1, 0.15) is 23.0 Å². The Bertz CT molecular complexity index is 829. The van der Waals surface area contributed by atoms with Crippen LogP contribution in [0.5, 0.6) is 0 Å². The average molecular weight is 355 g/mol. The minimum absolute atomic E-state index is 0.0526. The number of aromatic nitrogens is 2. The molecular weight excluding hydrogens is 345 g/mol. The summed E-state index contributed by atoms with van der Waals surface area (Å²) in [6.07, 6.45) is 0. The summed E-state index contributed by atoms with van der Waals surface area (Å²) in [4.78, 5) is 4.49. The van der Waals surface area contributed by atoms with Crippen molar-refractivity contribution < 1.29 is 4.39 Å². The highest BCUT2D eigenvalue weighted by atomic mass is 79.9. The van der Waals surface area contributed by atoms with E-state index in [1.165, 1.54) is 12.1 Å². The molecule has 2 aromatic heterocycles. The highest BCUT2D eigenvalue weighted by Crippen LogP contribution is 2.31. The normalized spacial score (nSPS) is 11.2. The number of hydrogen-bond donors (Lipinski definition) is 1. The van der Waals surface area contributed by atoms with Gasteiger partial charge in [-0.2, -0.15) is 0 Å². The molecule has 0 aliphatic heterocycles. The van der Waals surface area contributed by atoms with Gasteiger partial charge in [-0.05, 0) is 53.2 Å². The molecule has 0 bridgehead atoms. The Labute approximate surface area is 128 Å². The van der Waals surface area contributed by atoms with Crippen molar-refractivity contribution in [1.29, 1.82) is 0 Å². The van der Waals surface area contributed by atoms with Crippen molar-refractivity contribution in [3.63, 3.8) is 0 Å². The third kappa shape index (κ3) is 1.98. The van der Waals surface area contributed by atoms with Gasteiger partial charge in [0, 0.05) is 15.7 Å². The molecule has 3 nitrogen and oxygen atoms in total. The molecule has 0 atom stereocenters. The zero-order valence-electron chi connectivity index (χ0n) is 10.5. The molecule has 0 spiro atoms. The van der Waals surface area contributed by atoms with E-state index in [1.54, 1.807) is 6.07 Å². The Morgan fingerprint density at radius 2 is 2.05 bits per heavy atom. The summed E-state index contributed by atoms with van der Waals surface area (Å²) in [5.41, 5.74) is 9.14. The number of nitrogens with two attached hydrogens (primary N) is 1. The van der Waals surface area contributed by atoms with Crippen molar-refractivity contribution in [3.8, 4) is 11.3 Å². The van der Waals surface area contributed by atoms with E-state index in [-0.39, 0.29) is 5.02 Å². The van der Waals surface area contributed by atoms with Crippen molar-refractivity contribution in [3.05, 3.63) is 51.3 Å². The van der Waals surface area contributed by atoms with E-state index in [0.29, 0.717) is 17.1 Å². The average Bonchev–Trinajstić information content (AvgIpc) is 2.75. The predicted molar refractivity (Wildman–Crippen MR) is 82.4 cm³/mol. The lowest BCUT2D eigenvalue weighted by molar-refractivity contribution is 0.628. The molecule has 3 rings (SSSR count). The van der Waals surface area contributed by atoms with Crippen LogP contribution in [0.4, 0.5) is 10.2 Å². The molecule has 3 aromatic rings. The van der Waals surface area contributed by atoms with Gasteiger partial charge in [-0.3, -0.25) is 4.40 Å². The van der Waals surface area contributed by atoms with E-state index in [4.69, 9.17) is 17.3 Å². The maximum atomic E-state index is 13.2. The van der Waals surface area contributed by atoms with Crippen LogP contribution in [-0.4, -0.2) is 9.38 Å². The molecule has 0 aliphatic carbocycles. The van der Waals surface area contributed by atoms with Crippen molar-refractivity contribution in [2.45, 2.75) is 6.92 Å². The van der Waals surface area contributed by atoms with Crippen molar-refractivity contribution >= 4 is 39.0 Å². The zero-order valence-corrected chi connectivity index (χ0v) is 12.8. The van der Waals surface area contributed by atoms with Crippen molar-refractivity contribution in [1.82, 2.24) is 9.38 Å². The fourth-order valence-corrected chi connectivity index (χ4v) is 2.64. The predicted octanol–water partition coefficient (Wildman–Crippen LogP) is 4.45. The van der Waals surface area contributed by atoms with Crippen LogP contribution in [0.3, 0.4) is 0 Å². The Balaban J connectivity index is 2.29. The van der Waals surface area contributed by atoms with Gasteiger partial charge in [-0.15, -0.1) is 0 Å². The summed E-state index contributed by atoms with van der Waals surface area (Å²) in [6.45, 7) is 1.94. The van der Waals surface area contributed by atoms with E-state index >= 15 is 0 Å². The number of fused-ring (bicyclic) bond motifs is 1. The minimum atomic E-state index is -0.461. The summed E-state index contributed by atoms with van der Waals surface area (Å²) in [5, 5.41) is 0.0526. The number of nitrogens with zero attached hydrogens (tertiary/aromatic N) is 2. The summed E-state index contributed by atoms with van der Waals surface area (Å²) < 4.78 is 16.0. The lowest BCUT2D eigenvalue weighted by atomic mass is 10.1. The number of nitrogen functional groups attached to an aromatic ring is 1. The zero-order chi connectivity index (χ0) is 14.4. The van der Waals surface area contributed by atoms with E-state index < -0.39 is 5.82 Å². The van der Waals surface area contributed by atoms with E-state index in [9.17, 15) is 4.39 Å². The number of benzene rings is 1. The monoisotopic (exact) mass is 353 g/mol. The maximum absolute atomic E-state index is 13.2. The summed E-state index contributed by atoms with van der Waals surface area (Å²) in [6, 6.07) is 8.23. The fourth-order valence-electron chi connectivity index (χ4n) is 2.15. The summed E-state index contributed by atoms with van der Waals surface area (Å²) in [5.74, 6) is 0.0400. The van der Waals surface area contributed by atoms with Crippen LogP contribution < -0.4 is 5.73 Å². The molecule has 20 heavy (non-hydrogen) atoms. The van der Waals surface area contributed by atoms with Gasteiger partial charge in [-0.1, -0.05) is 11.6 Å². The SMILES string of the molecule is Cc1c(Br)ccc2nc(-c3ccc(F)c(Cl)c3)c(N)n12. The molecule has 0 aliphatic rings. The largest absolute Gasteiger partial charge is 0.383 e. The molecule has 0 fully saturated rings. The number of aryl methyl sites for hydroxylation is 1. The molecule has 0 saturated heterocycles. The molecule has 6 heteroatoms. The van der Waals surface area contributed by atoms with Crippen LogP contribution in [0.1, 0.15) is 5.69 Å². The number of pyridine rings is 1. The first-order valence-electron chi connectivity index (χ1n) is 5.87. The number of halogens is 3. The highest BCUT2D eigenvalue weighted by Gasteiger charge is 2.15. The second-order valence-corrected chi connectivity index (χ2v) is 5.70. The summed E-state index contributed by atoms with van der Waals surface area (Å²) >= 11 is 9.28. The van der Waals surface area contributed by atoms with Gasteiger partial charge >= 0.3 is 0 Å². The smallest absolute Gasteiger partial charge is 0.141 e. The topological polar surface area (TPSA) is 43.3 Å². The second kappa shape index (κ2) is 4.75. The maximum Gasteiger partial charge on any atom is 0.141 e. The lowest BCUT2D eigenvalue weighted by Crippen LogP contribution is -1.98. The van der Waals surface area contributed by atoms with Crippen LogP contribution >= 0.6 is 27.5 Å². The Morgan fingerprint density at radius 1 is 1.30 bits per heavy atom. The van der Waals surface area contributed by atoms with Gasteiger partial charge in [0.15, 0.2) is 0 Å². The van der Waals surface area contributed by atoms with Crippen LogP contribution in [0.2, 0.25) is 5.02 Å². The van der Waals surface area contributed by atoms with Gasteiger partial charge in [0.25, 0.3) is 0 Å². The first kappa shape index (κ1) is 13.4.